The molecule has 0 amide bonds. The topological polar surface area (TPSA) is 42.9 Å². The Balaban J connectivity index is 1.55. The SMILES string of the molecule is CCN1CCN(CCNC(=NC)NCCC2=CCCCC2)CC1. The second kappa shape index (κ2) is 10.7. The molecule has 0 unspecified atom stereocenters. The van der Waals surface area contributed by atoms with Gasteiger partial charge in [-0.1, -0.05) is 18.6 Å². The lowest BCUT2D eigenvalue weighted by Crippen LogP contribution is -2.49. The van der Waals surface area contributed by atoms with Crippen LogP contribution >= 0.6 is 0 Å². The van der Waals surface area contributed by atoms with E-state index in [2.05, 4.69) is 38.4 Å². The Morgan fingerprint density at radius 1 is 1.09 bits per heavy atom. The van der Waals surface area contributed by atoms with Gasteiger partial charge in [0.2, 0.25) is 0 Å². The molecule has 2 rings (SSSR count). The van der Waals surface area contributed by atoms with Crippen LogP contribution in [0.2, 0.25) is 0 Å². The maximum absolute atomic E-state index is 4.33. The van der Waals surface area contributed by atoms with Crippen LogP contribution < -0.4 is 10.6 Å². The first-order chi connectivity index (χ1) is 11.3. The van der Waals surface area contributed by atoms with Gasteiger partial charge in [-0.05, 0) is 38.6 Å². The van der Waals surface area contributed by atoms with Gasteiger partial charge < -0.3 is 15.5 Å². The molecular weight excluding hydrogens is 286 g/mol. The van der Waals surface area contributed by atoms with Gasteiger partial charge in [-0.25, -0.2) is 0 Å². The van der Waals surface area contributed by atoms with Crippen LogP contribution in [-0.2, 0) is 0 Å². The maximum Gasteiger partial charge on any atom is 0.191 e. The van der Waals surface area contributed by atoms with Crippen LogP contribution in [0.15, 0.2) is 16.6 Å². The molecule has 1 fully saturated rings. The fourth-order valence-electron chi connectivity index (χ4n) is 3.36. The molecule has 0 atom stereocenters. The van der Waals surface area contributed by atoms with Gasteiger partial charge in [0.05, 0.1) is 0 Å². The van der Waals surface area contributed by atoms with Crippen LogP contribution in [0.25, 0.3) is 0 Å². The standard InChI is InChI=1S/C18H35N5/c1-3-22-13-15-23(16-14-22)12-11-21-18(19-2)20-10-9-17-7-5-4-6-8-17/h7H,3-6,8-16H2,1-2H3,(H2,19,20,21). The van der Waals surface area contributed by atoms with Crippen LogP contribution in [0.1, 0.15) is 39.0 Å². The molecule has 1 aliphatic heterocycles. The minimum Gasteiger partial charge on any atom is -0.356 e. The number of nitrogens with one attached hydrogen (secondary N) is 2. The number of likely N-dealkylation sites (N-methyl/N-ethyl adjacent to an activating group) is 1. The molecule has 2 aliphatic rings. The van der Waals surface area contributed by atoms with Crippen molar-refractivity contribution in [3.63, 3.8) is 0 Å². The highest BCUT2D eigenvalue weighted by atomic mass is 15.3. The van der Waals surface area contributed by atoms with E-state index >= 15 is 0 Å². The minimum atomic E-state index is 0.939. The summed E-state index contributed by atoms with van der Waals surface area (Å²) in [7, 11) is 1.86. The average molecular weight is 322 g/mol. The highest BCUT2D eigenvalue weighted by Gasteiger charge is 2.14. The summed E-state index contributed by atoms with van der Waals surface area (Å²) < 4.78 is 0. The molecule has 0 aromatic rings. The molecule has 0 aromatic heterocycles. The highest BCUT2D eigenvalue weighted by molar-refractivity contribution is 5.79. The minimum absolute atomic E-state index is 0.939. The van der Waals surface area contributed by atoms with Crippen molar-refractivity contribution in [2.75, 3.05) is 59.4 Å². The smallest absolute Gasteiger partial charge is 0.191 e. The molecule has 1 heterocycles. The van der Waals surface area contributed by atoms with Crippen molar-refractivity contribution >= 4 is 5.96 Å². The lowest BCUT2D eigenvalue weighted by atomic mass is 9.97. The van der Waals surface area contributed by atoms with Crippen LogP contribution in [0.3, 0.4) is 0 Å². The molecule has 0 bridgehead atoms. The van der Waals surface area contributed by atoms with Crippen molar-refractivity contribution in [3.05, 3.63) is 11.6 Å². The number of rotatable bonds is 7. The van der Waals surface area contributed by atoms with E-state index in [0.29, 0.717) is 0 Å². The lowest BCUT2D eigenvalue weighted by molar-refractivity contribution is 0.139. The van der Waals surface area contributed by atoms with E-state index in [9.17, 15) is 0 Å². The Morgan fingerprint density at radius 3 is 2.48 bits per heavy atom. The highest BCUT2D eigenvalue weighted by Crippen LogP contribution is 2.19. The second-order valence-electron chi connectivity index (χ2n) is 6.56. The summed E-state index contributed by atoms with van der Waals surface area (Å²) in [4.78, 5) is 9.39. The third kappa shape index (κ3) is 6.92. The molecule has 0 aromatic carbocycles. The third-order valence-corrected chi connectivity index (χ3v) is 4.98. The van der Waals surface area contributed by atoms with Gasteiger partial charge in [0, 0.05) is 52.9 Å². The van der Waals surface area contributed by atoms with E-state index in [1.54, 1.807) is 5.57 Å². The van der Waals surface area contributed by atoms with Gasteiger partial charge in [-0.3, -0.25) is 9.89 Å². The maximum atomic E-state index is 4.33. The van der Waals surface area contributed by atoms with E-state index in [0.717, 1.165) is 32.0 Å². The van der Waals surface area contributed by atoms with E-state index in [-0.39, 0.29) is 0 Å². The first kappa shape index (κ1) is 18.3. The summed E-state index contributed by atoms with van der Waals surface area (Å²) in [6, 6.07) is 0. The Kier molecular flexibility index (Phi) is 8.47. The molecular formula is C18H35N5. The predicted octanol–water partition coefficient (Wildman–Crippen LogP) is 1.68. The fourth-order valence-corrected chi connectivity index (χ4v) is 3.36. The van der Waals surface area contributed by atoms with Crippen molar-refractivity contribution in [2.24, 2.45) is 4.99 Å². The summed E-state index contributed by atoms with van der Waals surface area (Å²) in [5.41, 5.74) is 1.62. The molecule has 1 saturated heterocycles. The molecule has 1 aliphatic carbocycles. The number of guanidine groups is 1. The van der Waals surface area contributed by atoms with E-state index in [4.69, 9.17) is 0 Å². The van der Waals surface area contributed by atoms with Crippen molar-refractivity contribution in [3.8, 4) is 0 Å². The number of piperazine rings is 1. The Bertz CT molecular complexity index is 383. The Labute approximate surface area is 142 Å². The first-order valence-corrected chi connectivity index (χ1v) is 9.39. The summed E-state index contributed by atoms with van der Waals surface area (Å²) >= 11 is 0. The van der Waals surface area contributed by atoms with Crippen molar-refractivity contribution < 1.29 is 0 Å². The number of hydrogen-bond donors (Lipinski definition) is 2. The lowest BCUT2D eigenvalue weighted by Gasteiger charge is -2.34. The van der Waals surface area contributed by atoms with Crippen molar-refractivity contribution in [2.45, 2.75) is 39.0 Å². The number of hydrogen-bond acceptors (Lipinski definition) is 3. The number of allylic oxidation sites excluding steroid dienone is 1. The monoisotopic (exact) mass is 321 g/mol. The molecule has 0 radical (unpaired) electrons. The van der Waals surface area contributed by atoms with Crippen LogP contribution in [0, 0.1) is 0 Å². The molecule has 2 N–H and O–H groups in total. The number of nitrogens with zero attached hydrogens (tertiary/aromatic N) is 3. The third-order valence-electron chi connectivity index (χ3n) is 4.98. The quantitative estimate of drug-likeness (QED) is 0.425. The van der Waals surface area contributed by atoms with Crippen LogP contribution in [0.4, 0.5) is 0 Å². The van der Waals surface area contributed by atoms with Gasteiger partial charge in [0.1, 0.15) is 0 Å². The normalized spacial score (nSPS) is 21.1. The van der Waals surface area contributed by atoms with Gasteiger partial charge >= 0.3 is 0 Å². The zero-order valence-electron chi connectivity index (χ0n) is 15.1. The predicted molar refractivity (Wildman–Crippen MR) is 99.1 cm³/mol. The zero-order valence-corrected chi connectivity index (χ0v) is 15.1. The van der Waals surface area contributed by atoms with E-state index < -0.39 is 0 Å². The van der Waals surface area contributed by atoms with E-state index in [1.165, 1.54) is 58.4 Å². The fraction of sp³-hybridized carbons (Fsp3) is 0.833. The number of aliphatic imine (C=N–C) groups is 1. The largest absolute Gasteiger partial charge is 0.356 e. The second-order valence-corrected chi connectivity index (χ2v) is 6.56. The average Bonchev–Trinajstić information content (AvgIpc) is 2.62. The molecule has 5 heteroatoms. The Hall–Kier alpha value is -1.07. The molecule has 5 nitrogen and oxygen atoms in total. The van der Waals surface area contributed by atoms with Gasteiger partial charge in [-0.15, -0.1) is 0 Å². The van der Waals surface area contributed by atoms with E-state index in [1.807, 2.05) is 7.05 Å². The van der Waals surface area contributed by atoms with Gasteiger partial charge in [0.15, 0.2) is 5.96 Å². The van der Waals surface area contributed by atoms with Crippen LogP contribution in [-0.4, -0.2) is 75.2 Å². The van der Waals surface area contributed by atoms with Crippen molar-refractivity contribution in [1.82, 2.24) is 20.4 Å². The molecule has 0 spiro atoms. The molecule has 132 valence electrons. The summed E-state index contributed by atoms with van der Waals surface area (Å²) in [6.45, 7) is 11.3. The zero-order chi connectivity index (χ0) is 16.3. The summed E-state index contributed by atoms with van der Waals surface area (Å²) in [5, 5.41) is 6.89. The summed E-state index contributed by atoms with van der Waals surface area (Å²) in [5.74, 6) is 0.939. The van der Waals surface area contributed by atoms with Gasteiger partial charge in [0.25, 0.3) is 0 Å². The van der Waals surface area contributed by atoms with Crippen LogP contribution in [0.5, 0.6) is 0 Å². The molecule has 0 saturated carbocycles. The van der Waals surface area contributed by atoms with Crippen molar-refractivity contribution in [1.29, 1.82) is 0 Å². The van der Waals surface area contributed by atoms with Gasteiger partial charge in [-0.2, -0.15) is 0 Å². The first-order valence-electron chi connectivity index (χ1n) is 9.39. The summed E-state index contributed by atoms with van der Waals surface area (Å²) in [6.07, 6.45) is 8.87. The molecule has 23 heavy (non-hydrogen) atoms. The Morgan fingerprint density at radius 2 is 1.83 bits per heavy atom.